The standard InChI is InChI=1S/C22H27N5OS2/c1-14-25-26-21(30-14)29-13-20(28)24-18-6-5-7-19-17(18)12-23-27(19)16-10-8-15(9-11-16)22(2,3)4/h8-12,18H,5-7,13H2,1-4H3,(H,24,28)/t18-/m1/s1. The van der Waals surface area contributed by atoms with E-state index < -0.39 is 0 Å². The maximum atomic E-state index is 12.5. The molecule has 6 nitrogen and oxygen atoms in total. The summed E-state index contributed by atoms with van der Waals surface area (Å²) in [6.45, 7) is 8.57. The van der Waals surface area contributed by atoms with Crippen LogP contribution in [0.1, 0.15) is 61.5 Å². The molecular formula is C22H27N5OS2. The van der Waals surface area contributed by atoms with Crippen molar-refractivity contribution in [3.63, 3.8) is 0 Å². The second-order valence-corrected chi connectivity index (χ2v) is 11.0. The lowest BCUT2D eigenvalue weighted by atomic mass is 9.87. The van der Waals surface area contributed by atoms with E-state index in [9.17, 15) is 4.79 Å². The lowest BCUT2D eigenvalue weighted by molar-refractivity contribution is -0.119. The number of fused-ring (bicyclic) bond motifs is 1. The predicted octanol–water partition coefficient (Wildman–Crippen LogP) is 4.62. The van der Waals surface area contributed by atoms with Crippen molar-refractivity contribution in [3.8, 4) is 5.69 Å². The molecular weight excluding hydrogens is 414 g/mol. The second kappa shape index (κ2) is 8.51. The Morgan fingerprint density at radius 3 is 2.70 bits per heavy atom. The van der Waals surface area contributed by atoms with Crippen LogP contribution in [0.5, 0.6) is 0 Å². The molecule has 8 heteroatoms. The van der Waals surface area contributed by atoms with Crippen molar-refractivity contribution >= 4 is 29.0 Å². The number of aromatic nitrogens is 4. The first-order valence-electron chi connectivity index (χ1n) is 10.2. The zero-order chi connectivity index (χ0) is 21.3. The van der Waals surface area contributed by atoms with Gasteiger partial charge in [-0.15, -0.1) is 10.2 Å². The molecule has 30 heavy (non-hydrogen) atoms. The van der Waals surface area contributed by atoms with E-state index in [-0.39, 0.29) is 17.4 Å². The van der Waals surface area contributed by atoms with Gasteiger partial charge < -0.3 is 5.32 Å². The summed E-state index contributed by atoms with van der Waals surface area (Å²) < 4.78 is 2.86. The molecule has 0 unspecified atom stereocenters. The Bertz CT molecular complexity index is 1030. The fourth-order valence-corrected chi connectivity index (χ4v) is 5.36. The summed E-state index contributed by atoms with van der Waals surface area (Å²) in [5.74, 6) is 0.371. The predicted molar refractivity (Wildman–Crippen MR) is 121 cm³/mol. The molecule has 0 radical (unpaired) electrons. The highest BCUT2D eigenvalue weighted by atomic mass is 32.2. The third-order valence-electron chi connectivity index (χ3n) is 5.33. The van der Waals surface area contributed by atoms with Crippen LogP contribution in [0.3, 0.4) is 0 Å². The Morgan fingerprint density at radius 1 is 1.27 bits per heavy atom. The van der Waals surface area contributed by atoms with Crippen LogP contribution >= 0.6 is 23.1 Å². The fourth-order valence-electron chi connectivity index (χ4n) is 3.73. The molecule has 1 amide bonds. The molecule has 1 aliphatic rings. The Morgan fingerprint density at radius 2 is 2.03 bits per heavy atom. The van der Waals surface area contributed by atoms with Crippen LogP contribution in [0.4, 0.5) is 0 Å². The van der Waals surface area contributed by atoms with Crippen LogP contribution in [0.25, 0.3) is 5.69 Å². The fraction of sp³-hybridized carbons (Fsp3) is 0.455. The average molecular weight is 442 g/mol. The molecule has 1 atom stereocenters. The maximum absolute atomic E-state index is 12.5. The van der Waals surface area contributed by atoms with Crippen LogP contribution in [-0.4, -0.2) is 31.6 Å². The smallest absolute Gasteiger partial charge is 0.230 e. The van der Waals surface area contributed by atoms with Gasteiger partial charge in [0.25, 0.3) is 0 Å². The molecule has 2 heterocycles. The molecule has 0 saturated heterocycles. The van der Waals surface area contributed by atoms with Gasteiger partial charge in [-0.1, -0.05) is 56.0 Å². The van der Waals surface area contributed by atoms with Gasteiger partial charge in [0, 0.05) is 11.3 Å². The molecule has 1 N–H and O–H groups in total. The third kappa shape index (κ3) is 4.59. The van der Waals surface area contributed by atoms with Crippen molar-refractivity contribution in [3.05, 3.63) is 52.3 Å². The van der Waals surface area contributed by atoms with E-state index in [4.69, 9.17) is 0 Å². The number of thioether (sulfide) groups is 1. The number of carbonyl (C=O) groups excluding carboxylic acids is 1. The second-order valence-electron chi connectivity index (χ2n) is 8.64. The van der Waals surface area contributed by atoms with Gasteiger partial charge in [0.2, 0.25) is 5.91 Å². The normalized spacial score (nSPS) is 16.3. The first-order chi connectivity index (χ1) is 14.3. The highest BCUT2D eigenvalue weighted by Crippen LogP contribution is 2.32. The van der Waals surface area contributed by atoms with Gasteiger partial charge in [-0.05, 0) is 49.3 Å². The van der Waals surface area contributed by atoms with Crippen molar-refractivity contribution in [2.45, 2.75) is 62.8 Å². The molecule has 0 saturated carbocycles. The zero-order valence-electron chi connectivity index (χ0n) is 17.8. The van der Waals surface area contributed by atoms with E-state index in [2.05, 4.69) is 65.6 Å². The number of amides is 1. The number of rotatable bonds is 5. The quantitative estimate of drug-likeness (QED) is 0.585. The molecule has 1 aromatic carbocycles. The number of nitrogens with zero attached hydrogens (tertiary/aromatic N) is 4. The molecule has 0 bridgehead atoms. The van der Waals surface area contributed by atoms with Gasteiger partial charge in [-0.25, -0.2) is 4.68 Å². The lowest BCUT2D eigenvalue weighted by Gasteiger charge is -2.24. The van der Waals surface area contributed by atoms with Crippen molar-refractivity contribution in [1.82, 2.24) is 25.3 Å². The van der Waals surface area contributed by atoms with Crippen LogP contribution in [0.15, 0.2) is 34.8 Å². The van der Waals surface area contributed by atoms with E-state index in [1.165, 1.54) is 34.4 Å². The molecule has 0 fully saturated rings. The Labute approximate surface area is 185 Å². The SMILES string of the molecule is Cc1nnc(SCC(=O)N[C@@H]2CCCc3c2cnn3-c2ccc(C(C)(C)C)cc2)s1. The molecule has 158 valence electrons. The Hall–Kier alpha value is -2.19. The summed E-state index contributed by atoms with van der Waals surface area (Å²) in [7, 11) is 0. The van der Waals surface area contributed by atoms with Crippen molar-refractivity contribution < 1.29 is 4.79 Å². The maximum Gasteiger partial charge on any atom is 0.230 e. The molecule has 3 aromatic rings. The number of hydrogen-bond acceptors (Lipinski definition) is 6. The highest BCUT2D eigenvalue weighted by Gasteiger charge is 2.26. The van der Waals surface area contributed by atoms with Gasteiger partial charge in [-0.3, -0.25) is 4.79 Å². The van der Waals surface area contributed by atoms with Gasteiger partial charge in [0.15, 0.2) is 4.34 Å². The van der Waals surface area contributed by atoms with E-state index in [1.54, 1.807) is 0 Å². The summed E-state index contributed by atoms with van der Waals surface area (Å²) in [6, 6.07) is 8.64. The monoisotopic (exact) mass is 441 g/mol. The number of nitrogens with one attached hydrogen (secondary N) is 1. The minimum Gasteiger partial charge on any atom is -0.348 e. The van der Waals surface area contributed by atoms with E-state index in [0.717, 1.165) is 39.9 Å². The number of benzene rings is 1. The van der Waals surface area contributed by atoms with Crippen LogP contribution < -0.4 is 5.32 Å². The number of aryl methyl sites for hydroxylation is 1. The van der Waals surface area contributed by atoms with Crippen LogP contribution in [0.2, 0.25) is 0 Å². The summed E-state index contributed by atoms with van der Waals surface area (Å²) in [4.78, 5) is 12.5. The Balaban J connectivity index is 1.46. The van der Waals surface area contributed by atoms with Crippen LogP contribution in [0, 0.1) is 6.92 Å². The van der Waals surface area contributed by atoms with Gasteiger partial charge >= 0.3 is 0 Å². The first kappa shape index (κ1) is 21.1. The first-order valence-corrected chi connectivity index (χ1v) is 12.0. The highest BCUT2D eigenvalue weighted by molar-refractivity contribution is 8.01. The van der Waals surface area contributed by atoms with Gasteiger partial charge in [0.1, 0.15) is 5.01 Å². The summed E-state index contributed by atoms with van der Waals surface area (Å²) in [5.41, 5.74) is 4.83. The van der Waals surface area contributed by atoms with Crippen LogP contribution in [-0.2, 0) is 16.6 Å². The summed E-state index contributed by atoms with van der Waals surface area (Å²) in [6.07, 6.45) is 4.86. The van der Waals surface area contributed by atoms with Gasteiger partial charge in [-0.2, -0.15) is 5.10 Å². The summed E-state index contributed by atoms with van der Waals surface area (Å²) in [5, 5.41) is 16.8. The molecule has 4 rings (SSSR count). The van der Waals surface area contributed by atoms with Crippen molar-refractivity contribution in [2.75, 3.05) is 5.75 Å². The molecule has 1 aliphatic carbocycles. The minimum absolute atomic E-state index is 0.0144. The van der Waals surface area contributed by atoms with Crippen molar-refractivity contribution in [2.24, 2.45) is 0 Å². The third-order valence-corrected chi connectivity index (χ3v) is 7.30. The lowest BCUT2D eigenvalue weighted by Crippen LogP contribution is -2.32. The van der Waals surface area contributed by atoms with E-state index in [1.807, 2.05) is 17.8 Å². The zero-order valence-corrected chi connectivity index (χ0v) is 19.4. The van der Waals surface area contributed by atoms with Crippen molar-refractivity contribution in [1.29, 1.82) is 0 Å². The van der Waals surface area contributed by atoms with E-state index in [0.29, 0.717) is 5.75 Å². The van der Waals surface area contributed by atoms with Gasteiger partial charge in [0.05, 0.1) is 23.7 Å². The molecule has 2 aromatic heterocycles. The number of hydrogen-bond donors (Lipinski definition) is 1. The topological polar surface area (TPSA) is 72.7 Å². The van der Waals surface area contributed by atoms with E-state index >= 15 is 0 Å². The molecule has 0 aliphatic heterocycles. The summed E-state index contributed by atoms with van der Waals surface area (Å²) >= 11 is 2.95. The largest absolute Gasteiger partial charge is 0.348 e. The number of carbonyl (C=O) groups is 1. The minimum atomic E-state index is 0.0144. The Kier molecular flexibility index (Phi) is 5.97. The molecule has 0 spiro atoms. The average Bonchev–Trinajstić information content (AvgIpc) is 3.32.